The van der Waals surface area contributed by atoms with Crippen LogP contribution in [0.1, 0.15) is 25.7 Å². The van der Waals surface area contributed by atoms with Gasteiger partial charge in [-0.3, -0.25) is 4.79 Å². The molecule has 3 saturated heterocycles. The minimum Gasteiger partial charge on any atom is -0.376 e. The molecule has 5 heteroatoms. The Hall–Kier alpha value is -0.320. The van der Waals surface area contributed by atoms with Gasteiger partial charge in [0.2, 0.25) is 0 Å². The van der Waals surface area contributed by atoms with E-state index < -0.39 is 6.10 Å². The number of hydrogen-bond donors (Lipinski definition) is 0. The third-order valence-electron chi connectivity index (χ3n) is 4.02. The number of rotatable bonds is 1. The maximum atomic E-state index is 12.4. The largest absolute Gasteiger partial charge is 0.376 e. The van der Waals surface area contributed by atoms with Crippen LogP contribution >= 0.6 is 11.6 Å². The first-order valence-corrected chi connectivity index (χ1v) is 6.85. The predicted octanol–water partition coefficient (Wildman–Crippen LogP) is 1.16. The van der Waals surface area contributed by atoms with E-state index in [1.807, 2.05) is 4.90 Å². The van der Waals surface area contributed by atoms with E-state index in [0.29, 0.717) is 31.9 Å². The number of carbonyl (C=O) groups excluding carboxylic acids is 1. The predicted molar refractivity (Wildman–Crippen MR) is 63.1 cm³/mol. The molecule has 2 bridgehead atoms. The van der Waals surface area contributed by atoms with Gasteiger partial charge in [0.25, 0.3) is 5.91 Å². The molecule has 0 radical (unpaired) electrons. The molecule has 4 nitrogen and oxygen atoms in total. The molecule has 3 aliphatic rings. The molecule has 3 heterocycles. The Bertz CT molecular complexity index is 292. The van der Waals surface area contributed by atoms with E-state index in [1.165, 1.54) is 0 Å². The first-order chi connectivity index (χ1) is 8.25. The fourth-order valence-corrected chi connectivity index (χ4v) is 3.68. The summed E-state index contributed by atoms with van der Waals surface area (Å²) in [6.45, 7) is 1.52. The number of halogens is 1. The highest BCUT2D eigenvalue weighted by Gasteiger charge is 2.44. The summed E-state index contributed by atoms with van der Waals surface area (Å²) in [6, 6.07) is 0.656. The van der Waals surface area contributed by atoms with E-state index in [2.05, 4.69) is 0 Å². The molecule has 3 atom stereocenters. The molecular formula is C12H18ClNO3. The molecule has 0 aromatic heterocycles. The van der Waals surface area contributed by atoms with Gasteiger partial charge >= 0.3 is 0 Å². The van der Waals surface area contributed by atoms with Crippen molar-refractivity contribution in [1.82, 2.24) is 4.90 Å². The molecule has 0 spiro atoms. The van der Waals surface area contributed by atoms with E-state index >= 15 is 0 Å². The Morgan fingerprint density at radius 2 is 1.88 bits per heavy atom. The highest BCUT2D eigenvalue weighted by Crippen LogP contribution is 2.38. The van der Waals surface area contributed by atoms with Gasteiger partial charge in [0, 0.05) is 17.5 Å². The summed E-state index contributed by atoms with van der Waals surface area (Å²) in [7, 11) is 0. The van der Waals surface area contributed by atoms with Gasteiger partial charge in [-0.25, -0.2) is 0 Å². The monoisotopic (exact) mass is 259 g/mol. The molecule has 3 unspecified atom stereocenters. The summed E-state index contributed by atoms with van der Waals surface area (Å²) in [6.07, 6.45) is 3.65. The van der Waals surface area contributed by atoms with E-state index in [1.54, 1.807) is 0 Å². The second kappa shape index (κ2) is 4.75. The molecule has 96 valence electrons. The zero-order chi connectivity index (χ0) is 11.8. The quantitative estimate of drug-likeness (QED) is 0.664. The zero-order valence-corrected chi connectivity index (χ0v) is 10.6. The summed E-state index contributed by atoms with van der Waals surface area (Å²) in [5.41, 5.74) is 0. The third kappa shape index (κ3) is 2.18. The van der Waals surface area contributed by atoms with Gasteiger partial charge in [0.15, 0.2) is 6.10 Å². The van der Waals surface area contributed by atoms with Gasteiger partial charge < -0.3 is 14.4 Å². The first kappa shape index (κ1) is 11.8. The molecule has 0 N–H and O–H groups in total. The van der Waals surface area contributed by atoms with Crippen molar-refractivity contribution in [3.05, 3.63) is 0 Å². The van der Waals surface area contributed by atoms with Crippen LogP contribution in [0.15, 0.2) is 0 Å². The van der Waals surface area contributed by atoms with Crippen LogP contribution in [0.4, 0.5) is 0 Å². The van der Waals surface area contributed by atoms with Crippen molar-refractivity contribution < 1.29 is 14.3 Å². The highest BCUT2D eigenvalue weighted by molar-refractivity contribution is 6.20. The number of hydrogen-bond acceptors (Lipinski definition) is 3. The molecule has 3 fully saturated rings. The average Bonchev–Trinajstić information content (AvgIpc) is 2.62. The minimum absolute atomic E-state index is 0.112. The number of amides is 1. The van der Waals surface area contributed by atoms with Crippen LogP contribution in [0.25, 0.3) is 0 Å². The third-order valence-corrected chi connectivity index (χ3v) is 4.38. The summed E-state index contributed by atoms with van der Waals surface area (Å²) in [4.78, 5) is 14.4. The maximum absolute atomic E-state index is 12.4. The van der Waals surface area contributed by atoms with Crippen LogP contribution in [0, 0.1) is 0 Å². The summed E-state index contributed by atoms with van der Waals surface area (Å²) >= 11 is 6.21. The van der Waals surface area contributed by atoms with Crippen LogP contribution < -0.4 is 0 Å². The molecule has 0 aliphatic carbocycles. The Balaban J connectivity index is 1.69. The van der Waals surface area contributed by atoms with Crippen LogP contribution in [0.3, 0.4) is 0 Å². The van der Waals surface area contributed by atoms with Crippen LogP contribution in [0.5, 0.6) is 0 Å². The topological polar surface area (TPSA) is 38.8 Å². The van der Waals surface area contributed by atoms with Gasteiger partial charge in [-0.2, -0.15) is 0 Å². The smallest absolute Gasteiger partial charge is 0.254 e. The lowest BCUT2D eigenvalue weighted by molar-refractivity contribution is -0.162. The lowest BCUT2D eigenvalue weighted by atomic mass is 10.0. The Morgan fingerprint density at radius 1 is 1.18 bits per heavy atom. The van der Waals surface area contributed by atoms with Gasteiger partial charge in [0.05, 0.1) is 19.8 Å². The summed E-state index contributed by atoms with van der Waals surface area (Å²) in [5.74, 6) is 0.112. The maximum Gasteiger partial charge on any atom is 0.254 e. The van der Waals surface area contributed by atoms with Crippen molar-refractivity contribution >= 4 is 17.5 Å². The number of alkyl halides is 1. The summed E-state index contributed by atoms with van der Waals surface area (Å²) < 4.78 is 10.8. The Labute approximate surface area is 106 Å². The van der Waals surface area contributed by atoms with Gasteiger partial charge in [0.1, 0.15) is 0 Å². The lowest BCUT2D eigenvalue weighted by Crippen LogP contribution is -2.53. The van der Waals surface area contributed by atoms with Crippen molar-refractivity contribution in [3.8, 4) is 0 Å². The van der Waals surface area contributed by atoms with Crippen LogP contribution in [-0.4, -0.2) is 54.2 Å². The van der Waals surface area contributed by atoms with Gasteiger partial charge in [-0.05, 0) is 25.7 Å². The van der Waals surface area contributed by atoms with Crippen LogP contribution in [-0.2, 0) is 14.3 Å². The van der Waals surface area contributed by atoms with E-state index in [0.717, 1.165) is 25.7 Å². The van der Waals surface area contributed by atoms with Gasteiger partial charge in [-0.15, -0.1) is 11.6 Å². The van der Waals surface area contributed by atoms with Crippen molar-refractivity contribution in [2.45, 2.75) is 49.2 Å². The SMILES string of the molecule is O=C(C1COCCO1)N1C2CCC1CC(Cl)C2. The average molecular weight is 260 g/mol. The fraction of sp³-hybridized carbons (Fsp3) is 0.917. The van der Waals surface area contributed by atoms with Crippen molar-refractivity contribution in [2.24, 2.45) is 0 Å². The van der Waals surface area contributed by atoms with E-state index in [-0.39, 0.29) is 11.3 Å². The molecule has 0 aromatic rings. The molecule has 17 heavy (non-hydrogen) atoms. The van der Waals surface area contributed by atoms with E-state index in [4.69, 9.17) is 21.1 Å². The second-order valence-corrected chi connectivity index (χ2v) is 5.75. The normalized spacial score (nSPS) is 41.6. The molecular weight excluding hydrogens is 242 g/mol. The molecule has 0 aromatic carbocycles. The van der Waals surface area contributed by atoms with Crippen molar-refractivity contribution in [2.75, 3.05) is 19.8 Å². The van der Waals surface area contributed by atoms with Gasteiger partial charge in [-0.1, -0.05) is 0 Å². The molecule has 3 rings (SSSR count). The number of carbonyl (C=O) groups is 1. The van der Waals surface area contributed by atoms with Crippen molar-refractivity contribution in [3.63, 3.8) is 0 Å². The minimum atomic E-state index is -0.390. The molecule has 3 aliphatic heterocycles. The number of nitrogens with zero attached hydrogens (tertiary/aromatic N) is 1. The Kier molecular flexibility index (Phi) is 3.28. The molecule has 0 saturated carbocycles. The number of piperidine rings is 1. The number of fused-ring (bicyclic) bond motifs is 2. The standard InChI is InChI=1S/C12H18ClNO3/c13-8-5-9-1-2-10(6-8)14(9)12(15)11-7-16-3-4-17-11/h8-11H,1-7H2. The lowest BCUT2D eigenvalue weighted by Gasteiger charge is -2.39. The van der Waals surface area contributed by atoms with Crippen LogP contribution in [0.2, 0.25) is 0 Å². The highest BCUT2D eigenvalue weighted by atomic mass is 35.5. The first-order valence-electron chi connectivity index (χ1n) is 6.41. The number of ether oxygens (including phenoxy) is 2. The fourth-order valence-electron chi connectivity index (χ4n) is 3.27. The Morgan fingerprint density at radius 3 is 2.47 bits per heavy atom. The zero-order valence-electron chi connectivity index (χ0n) is 9.81. The second-order valence-electron chi connectivity index (χ2n) is 5.13. The molecule has 1 amide bonds. The van der Waals surface area contributed by atoms with Crippen molar-refractivity contribution in [1.29, 1.82) is 0 Å². The van der Waals surface area contributed by atoms with E-state index in [9.17, 15) is 4.79 Å². The summed E-state index contributed by atoms with van der Waals surface area (Å²) in [5, 5.41) is 0.236.